The summed E-state index contributed by atoms with van der Waals surface area (Å²) in [6.45, 7) is 3.85. The van der Waals surface area contributed by atoms with Gasteiger partial charge in [-0.2, -0.15) is 4.37 Å². The average molecular weight is 235 g/mol. The third-order valence-corrected chi connectivity index (χ3v) is 3.59. The topological polar surface area (TPSA) is 50.2 Å². The van der Waals surface area contributed by atoms with Crippen LogP contribution in [0.1, 0.15) is 24.6 Å². The van der Waals surface area contributed by atoms with E-state index in [1.54, 1.807) is 0 Å². The Kier molecular flexibility index (Phi) is 2.92. The lowest BCUT2D eigenvalue weighted by Crippen LogP contribution is -2.16. The van der Waals surface area contributed by atoms with Crippen molar-refractivity contribution in [2.24, 2.45) is 5.92 Å². The molecule has 16 heavy (non-hydrogen) atoms. The van der Waals surface area contributed by atoms with Gasteiger partial charge in [0.15, 0.2) is 0 Å². The molecule has 0 aliphatic rings. The van der Waals surface area contributed by atoms with Gasteiger partial charge in [0.1, 0.15) is 0 Å². The molecule has 1 aromatic carbocycles. The fourth-order valence-corrected chi connectivity index (χ4v) is 2.95. The highest BCUT2D eigenvalue weighted by Crippen LogP contribution is 2.33. The van der Waals surface area contributed by atoms with E-state index >= 15 is 0 Å². The van der Waals surface area contributed by atoms with Gasteiger partial charge in [-0.05, 0) is 23.5 Å². The first-order chi connectivity index (χ1) is 7.61. The van der Waals surface area contributed by atoms with Gasteiger partial charge in [-0.15, -0.1) is 0 Å². The molecule has 0 radical (unpaired) electrons. The van der Waals surface area contributed by atoms with Crippen LogP contribution in [0.15, 0.2) is 24.3 Å². The lowest BCUT2D eigenvalue weighted by atomic mass is 9.92. The van der Waals surface area contributed by atoms with Crippen LogP contribution in [0.25, 0.3) is 10.9 Å². The minimum Gasteiger partial charge on any atom is -0.481 e. The molecule has 0 saturated carbocycles. The van der Waals surface area contributed by atoms with Crippen molar-refractivity contribution in [2.75, 3.05) is 0 Å². The highest BCUT2D eigenvalue weighted by Gasteiger charge is 2.27. The molecular weight excluding hydrogens is 222 g/mol. The molecule has 0 fully saturated rings. The van der Waals surface area contributed by atoms with Crippen LogP contribution in [-0.4, -0.2) is 15.4 Å². The Morgan fingerprint density at radius 1 is 1.38 bits per heavy atom. The van der Waals surface area contributed by atoms with E-state index in [-0.39, 0.29) is 5.92 Å². The molecule has 0 aliphatic carbocycles. The summed E-state index contributed by atoms with van der Waals surface area (Å²) in [5.41, 5.74) is 0.884. The van der Waals surface area contributed by atoms with Gasteiger partial charge < -0.3 is 5.11 Å². The first-order valence-electron chi connectivity index (χ1n) is 5.18. The number of carboxylic acid groups (broad SMARTS) is 1. The van der Waals surface area contributed by atoms with Crippen LogP contribution in [0.2, 0.25) is 0 Å². The number of benzene rings is 1. The number of carboxylic acids is 1. The van der Waals surface area contributed by atoms with Gasteiger partial charge in [0, 0.05) is 10.3 Å². The van der Waals surface area contributed by atoms with Gasteiger partial charge in [-0.1, -0.05) is 32.0 Å². The molecule has 1 aromatic heterocycles. The maximum atomic E-state index is 11.3. The van der Waals surface area contributed by atoms with Crippen LogP contribution < -0.4 is 0 Å². The quantitative estimate of drug-likeness (QED) is 0.889. The second-order valence-corrected chi connectivity index (χ2v) is 4.93. The molecule has 1 heterocycles. The molecule has 1 atom stereocenters. The van der Waals surface area contributed by atoms with Gasteiger partial charge in [-0.25, -0.2) is 0 Å². The van der Waals surface area contributed by atoms with Crippen LogP contribution in [-0.2, 0) is 4.79 Å². The van der Waals surface area contributed by atoms with E-state index in [1.807, 2.05) is 38.1 Å². The van der Waals surface area contributed by atoms with Gasteiger partial charge in [0.05, 0.1) is 11.4 Å². The Bertz CT molecular complexity index is 518. The van der Waals surface area contributed by atoms with Crippen LogP contribution >= 0.6 is 11.5 Å². The Labute approximate surface area is 97.9 Å². The summed E-state index contributed by atoms with van der Waals surface area (Å²) < 4.78 is 4.28. The number of nitrogens with zero attached hydrogens (tertiary/aromatic N) is 1. The monoisotopic (exact) mass is 235 g/mol. The van der Waals surface area contributed by atoms with E-state index in [0.29, 0.717) is 0 Å². The zero-order chi connectivity index (χ0) is 11.7. The van der Waals surface area contributed by atoms with Crippen LogP contribution in [0, 0.1) is 5.92 Å². The van der Waals surface area contributed by atoms with Crippen molar-refractivity contribution < 1.29 is 9.90 Å². The highest BCUT2D eigenvalue weighted by molar-refractivity contribution is 7.07. The number of hydrogen-bond donors (Lipinski definition) is 1. The predicted molar refractivity (Wildman–Crippen MR) is 64.8 cm³/mol. The van der Waals surface area contributed by atoms with E-state index in [1.165, 1.54) is 11.5 Å². The third-order valence-electron chi connectivity index (χ3n) is 2.63. The van der Waals surface area contributed by atoms with E-state index in [4.69, 9.17) is 0 Å². The van der Waals surface area contributed by atoms with Gasteiger partial charge in [-0.3, -0.25) is 4.79 Å². The largest absolute Gasteiger partial charge is 0.481 e. The third kappa shape index (κ3) is 1.80. The van der Waals surface area contributed by atoms with Crippen LogP contribution in [0.4, 0.5) is 0 Å². The summed E-state index contributed by atoms with van der Waals surface area (Å²) in [6, 6.07) is 7.68. The number of hydrogen-bond acceptors (Lipinski definition) is 3. The van der Waals surface area contributed by atoms with Crippen molar-refractivity contribution in [3.63, 3.8) is 0 Å². The molecule has 0 bridgehead atoms. The standard InChI is InChI=1S/C12H13NO2S/c1-7(2)10(12(14)15)11-8-5-3-4-6-9(8)13-16-11/h3-7,10H,1-2H3,(H,14,15). The number of fused-ring (bicyclic) bond motifs is 1. The average Bonchev–Trinajstić information content (AvgIpc) is 2.61. The second-order valence-electron chi connectivity index (χ2n) is 4.12. The Balaban J connectivity index is 2.57. The number of rotatable bonds is 3. The second kappa shape index (κ2) is 4.22. The first kappa shape index (κ1) is 11.1. The van der Waals surface area contributed by atoms with Crippen LogP contribution in [0.5, 0.6) is 0 Å². The van der Waals surface area contributed by atoms with Crippen LogP contribution in [0.3, 0.4) is 0 Å². The predicted octanol–water partition coefficient (Wildman–Crippen LogP) is 3.12. The molecule has 0 amide bonds. The number of aromatic nitrogens is 1. The van der Waals surface area contributed by atoms with E-state index in [9.17, 15) is 9.90 Å². The lowest BCUT2D eigenvalue weighted by molar-refractivity contribution is -0.139. The molecule has 0 saturated heterocycles. The van der Waals surface area contributed by atoms with Gasteiger partial charge in [0.2, 0.25) is 0 Å². The molecule has 2 rings (SSSR count). The number of aliphatic carboxylic acids is 1. The minimum atomic E-state index is -0.774. The summed E-state index contributed by atoms with van der Waals surface area (Å²) in [6.07, 6.45) is 0. The number of carbonyl (C=O) groups is 1. The molecule has 0 spiro atoms. The summed E-state index contributed by atoms with van der Waals surface area (Å²) >= 11 is 1.30. The summed E-state index contributed by atoms with van der Waals surface area (Å²) in [5.74, 6) is -1.16. The Hall–Kier alpha value is -1.42. The van der Waals surface area contributed by atoms with Crippen molar-refractivity contribution in [1.82, 2.24) is 4.37 Å². The summed E-state index contributed by atoms with van der Waals surface area (Å²) in [5, 5.41) is 10.2. The molecule has 84 valence electrons. The molecule has 1 unspecified atom stereocenters. The molecule has 1 N–H and O–H groups in total. The fraction of sp³-hybridized carbons (Fsp3) is 0.333. The summed E-state index contributed by atoms with van der Waals surface area (Å²) in [4.78, 5) is 12.1. The lowest BCUT2D eigenvalue weighted by Gasteiger charge is -2.14. The molecule has 3 nitrogen and oxygen atoms in total. The fourth-order valence-electron chi connectivity index (χ4n) is 1.83. The normalized spacial score (nSPS) is 13.2. The zero-order valence-corrected chi connectivity index (χ0v) is 9.99. The Morgan fingerprint density at radius 2 is 2.06 bits per heavy atom. The van der Waals surface area contributed by atoms with Crippen molar-refractivity contribution in [3.05, 3.63) is 29.1 Å². The smallest absolute Gasteiger partial charge is 0.312 e. The van der Waals surface area contributed by atoms with Gasteiger partial charge >= 0.3 is 5.97 Å². The molecular formula is C12H13NO2S. The minimum absolute atomic E-state index is 0.0707. The first-order valence-corrected chi connectivity index (χ1v) is 5.95. The Morgan fingerprint density at radius 3 is 2.69 bits per heavy atom. The highest BCUT2D eigenvalue weighted by atomic mass is 32.1. The van der Waals surface area contributed by atoms with Crippen molar-refractivity contribution >= 4 is 28.4 Å². The van der Waals surface area contributed by atoms with E-state index < -0.39 is 11.9 Å². The van der Waals surface area contributed by atoms with Crippen molar-refractivity contribution in [2.45, 2.75) is 19.8 Å². The summed E-state index contributed by atoms with van der Waals surface area (Å²) in [7, 11) is 0. The molecule has 0 aliphatic heterocycles. The maximum absolute atomic E-state index is 11.3. The van der Waals surface area contributed by atoms with Crippen molar-refractivity contribution in [1.29, 1.82) is 0 Å². The SMILES string of the molecule is CC(C)C(C(=O)O)c1snc2ccccc12. The van der Waals surface area contributed by atoms with Gasteiger partial charge in [0.25, 0.3) is 0 Å². The maximum Gasteiger partial charge on any atom is 0.312 e. The zero-order valence-electron chi connectivity index (χ0n) is 9.18. The molecule has 2 aromatic rings. The molecule has 4 heteroatoms. The van der Waals surface area contributed by atoms with E-state index in [2.05, 4.69) is 4.37 Å². The van der Waals surface area contributed by atoms with Crippen molar-refractivity contribution in [3.8, 4) is 0 Å². The van der Waals surface area contributed by atoms with E-state index in [0.717, 1.165) is 15.8 Å².